The first-order valence-electron chi connectivity index (χ1n) is 10.1. The van der Waals surface area contributed by atoms with E-state index in [1.165, 1.54) is 18.9 Å². The van der Waals surface area contributed by atoms with Crippen molar-refractivity contribution >= 4 is 23.4 Å². The molecule has 2 aromatic carbocycles. The van der Waals surface area contributed by atoms with Crippen molar-refractivity contribution in [2.75, 3.05) is 26.6 Å². The van der Waals surface area contributed by atoms with Crippen molar-refractivity contribution in [2.45, 2.75) is 10.9 Å². The molecule has 0 bridgehead atoms. The minimum Gasteiger partial charge on any atom is -0.497 e. The molecule has 10 nitrogen and oxygen atoms in total. The SMILES string of the molecule is COc1ccc(-n2nnc(C(=O)Nc3ccc(OC)c(OC)c3)c2CSc2ncccn2)cc1. The summed E-state index contributed by atoms with van der Waals surface area (Å²) in [4.78, 5) is 21.7. The van der Waals surface area contributed by atoms with Crippen LogP contribution in [0.25, 0.3) is 5.69 Å². The summed E-state index contributed by atoms with van der Waals surface area (Å²) in [6.07, 6.45) is 3.33. The highest BCUT2D eigenvalue weighted by molar-refractivity contribution is 7.98. The molecule has 0 aliphatic rings. The van der Waals surface area contributed by atoms with Gasteiger partial charge >= 0.3 is 0 Å². The Balaban J connectivity index is 1.65. The van der Waals surface area contributed by atoms with Crippen molar-refractivity contribution in [1.82, 2.24) is 25.0 Å². The molecule has 34 heavy (non-hydrogen) atoms. The van der Waals surface area contributed by atoms with Crippen LogP contribution in [0.3, 0.4) is 0 Å². The molecule has 0 saturated carbocycles. The van der Waals surface area contributed by atoms with E-state index in [0.29, 0.717) is 39.5 Å². The fourth-order valence-electron chi connectivity index (χ4n) is 3.14. The Bertz CT molecular complexity index is 1260. The lowest BCUT2D eigenvalue weighted by Crippen LogP contribution is -2.15. The lowest BCUT2D eigenvalue weighted by Gasteiger charge is -2.11. The average Bonchev–Trinajstić information content (AvgIpc) is 3.32. The van der Waals surface area contributed by atoms with Crippen LogP contribution in [-0.4, -0.2) is 52.2 Å². The normalized spacial score (nSPS) is 10.6. The number of anilines is 1. The maximum absolute atomic E-state index is 13.2. The first-order valence-corrected chi connectivity index (χ1v) is 11.1. The van der Waals surface area contributed by atoms with Gasteiger partial charge in [-0.25, -0.2) is 14.6 Å². The summed E-state index contributed by atoms with van der Waals surface area (Å²) in [5.41, 5.74) is 2.06. The Morgan fingerprint density at radius 2 is 1.71 bits per heavy atom. The highest BCUT2D eigenvalue weighted by Gasteiger charge is 2.22. The molecule has 4 rings (SSSR count). The highest BCUT2D eigenvalue weighted by atomic mass is 32.2. The summed E-state index contributed by atoms with van der Waals surface area (Å²) in [5, 5.41) is 11.9. The molecule has 0 aliphatic carbocycles. The van der Waals surface area contributed by atoms with E-state index in [4.69, 9.17) is 14.2 Å². The summed E-state index contributed by atoms with van der Waals surface area (Å²) in [6, 6.07) is 14.2. The van der Waals surface area contributed by atoms with Gasteiger partial charge in [0.15, 0.2) is 22.3 Å². The van der Waals surface area contributed by atoms with Crippen LogP contribution in [0.5, 0.6) is 17.2 Å². The zero-order valence-corrected chi connectivity index (χ0v) is 19.6. The van der Waals surface area contributed by atoms with Crippen LogP contribution in [0, 0.1) is 0 Å². The van der Waals surface area contributed by atoms with E-state index < -0.39 is 5.91 Å². The number of thioether (sulfide) groups is 1. The number of methoxy groups -OCH3 is 3. The molecule has 1 amide bonds. The van der Waals surface area contributed by atoms with E-state index in [9.17, 15) is 4.79 Å². The van der Waals surface area contributed by atoms with Crippen LogP contribution in [0.15, 0.2) is 66.1 Å². The number of ether oxygens (including phenoxy) is 3. The van der Waals surface area contributed by atoms with Gasteiger partial charge in [-0.15, -0.1) is 5.10 Å². The van der Waals surface area contributed by atoms with E-state index in [1.54, 1.807) is 55.6 Å². The lowest BCUT2D eigenvalue weighted by molar-refractivity contribution is 0.102. The molecular formula is C23H22N6O4S. The Hall–Kier alpha value is -4.12. The van der Waals surface area contributed by atoms with Gasteiger partial charge in [-0.2, -0.15) is 0 Å². The van der Waals surface area contributed by atoms with Gasteiger partial charge in [-0.1, -0.05) is 17.0 Å². The topological polar surface area (TPSA) is 113 Å². The number of benzene rings is 2. The number of carbonyl (C=O) groups excluding carboxylic acids is 1. The molecule has 11 heteroatoms. The van der Waals surface area contributed by atoms with E-state index in [2.05, 4.69) is 25.6 Å². The minimum atomic E-state index is -0.406. The van der Waals surface area contributed by atoms with Gasteiger partial charge in [-0.05, 0) is 42.5 Å². The Morgan fingerprint density at radius 3 is 2.38 bits per heavy atom. The van der Waals surface area contributed by atoms with Crippen LogP contribution in [-0.2, 0) is 5.75 Å². The van der Waals surface area contributed by atoms with Crippen molar-refractivity contribution < 1.29 is 19.0 Å². The van der Waals surface area contributed by atoms with Crippen LogP contribution in [0.1, 0.15) is 16.2 Å². The van der Waals surface area contributed by atoms with Crippen molar-refractivity contribution in [3.8, 4) is 22.9 Å². The molecule has 0 spiro atoms. The number of amides is 1. The fourth-order valence-corrected chi connectivity index (χ4v) is 3.93. The van der Waals surface area contributed by atoms with Crippen LogP contribution in [0.2, 0.25) is 0 Å². The second-order valence-corrected chi connectivity index (χ2v) is 7.78. The van der Waals surface area contributed by atoms with Gasteiger partial charge in [0.2, 0.25) is 0 Å². The Morgan fingerprint density at radius 1 is 0.971 bits per heavy atom. The van der Waals surface area contributed by atoms with Gasteiger partial charge in [0, 0.05) is 29.9 Å². The van der Waals surface area contributed by atoms with Gasteiger partial charge in [-0.3, -0.25) is 4.79 Å². The largest absolute Gasteiger partial charge is 0.497 e. The van der Waals surface area contributed by atoms with E-state index in [-0.39, 0.29) is 5.69 Å². The molecule has 174 valence electrons. The maximum Gasteiger partial charge on any atom is 0.278 e. The molecule has 1 N–H and O–H groups in total. The molecule has 0 fully saturated rings. The van der Waals surface area contributed by atoms with Crippen molar-refractivity contribution in [3.63, 3.8) is 0 Å². The summed E-state index contributed by atoms with van der Waals surface area (Å²) in [7, 11) is 4.68. The third-order valence-electron chi connectivity index (χ3n) is 4.82. The number of hydrogen-bond donors (Lipinski definition) is 1. The Labute approximate surface area is 200 Å². The molecule has 2 aromatic heterocycles. The number of carbonyl (C=O) groups is 1. The number of hydrogen-bond acceptors (Lipinski definition) is 9. The summed E-state index contributed by atoms with van der Waals surface area (Å²) in [6.45, 7) is 0. The molecule has 0 radical (unpaired) electrons. The standard InChI is InChI=1S/C23H22N6O4S/c1-31-17-8-6-16(7-9-17)29-18(14-34-23-24-11-4-12-25-23)21(27-28-29)22(30)26-15-5-10-19(32-2)20(13-15)33-3/h4-13H,14H2,1-3H3,(H,26,30). The second kappa shape index (κ2) is 10.7. The Kier molecular flexibility index (Phi) is 7.23. The number of aromatic nitrogens is 5. The number of nitrogens with one attached hydrogen (secondary N) is 1. The zero-order chi connectivity index (χ0) is 23.9. The van der Waals surface area contributed by atoms with Crippen LogP contribution >= 0.6 is 11.8 Å². The number of nitrogens with zero attached hydrogens (tertiary/aromatic N) is 5. The lowest BCUT2D eigenvalue weighted by atomic mass is 10.2. The van der Waals surface area contributed by atoms with E-state index >= 15 is 0 Å². The first-order chi connectivity index (χ1) is 16.6. The predicted octanol–water partition coefficient (Wildman–Crippen LogP) is 3.63. The van der Waals surface area contributed by atoms with Crippen LogP contribution < -0.4 is 19.5 Å². The smallest absolute Gasteiger partial charge is 0.278 e. The van der Waals surface area contributed by atoms with Crippen molar-refractivity contribution in [1.29, 1.82) is 0 Å². The highest BCUT2D eigenvalue weighted by Crippen LogP contribution is 2.30. The van der Waals surface area contributed by atoms with Crippen LogP contribution in [0.4, 0.5) is 5.69 Å². The molecule has 0 unspecified atom stereocenters. The van der Waals surface area contributed by atoms with Gasteiger partial charge < -0.3 is 19.5 Å². The maximum atomic E-state index is 13.2. The van der Waals surface area contributed by atoms with Gasteiger partial charge in [0.1, 0.15) is 5.75 Å². The molecular weight excluding hydrogens is 456 g/mol. The molecule has 0 aliphatic heterocycles. The zero-order valence-electron chi connectivity index (χ0n) is 18.8. The predicted molar refractivity (Wildman–Crippen MR) is 127 cm³/mol. The van der Waals surface area contributed by atoms with Gasteiger partial charge in [0.25, 0.3) is 5.91 Å². The number of rotatable bonds is 9. The summed E-state index contributed by atoms with van der Waals surface area (Å²) in [5.74, 6) is 1.74. The van der Waals surface area contributed by atoms with E-state index in [0.717, 1.165) is 5.69 Å². The molecule has 4 aromatic rings. The second-order valence-electron chi connectivity index (χ2n) is 6.84. The van der Waals surface area contributed by atoms with Crippen molar-refractivity contribution in [3.05, 3.63) is 72.3 Å². The first kappa shape index (κ1) is 23.1. The molecule has 0 saturated heterocycles. The fraction of sp³-hybridized carbons (Fsp3) is 0.174. The van der Waals surface area contributed by atoms with E-state index in [1.807, 2.05) is 24.3 Å². The monoisotopic (exact) mass is 478 g/mol. The summed E-state index contributed by atoms with van der Waals surface area (Å²) < 4.78 is 17.4. The quantitative estimate of drug-likeness (QED) is 0.285. The summed E-state index contributed by atoms with van der Waals surface area (Å²) >= 11 is 1.38. The van der Waals surface area contributed by atoms with Crippen molar-refractivity contribution in [2.24, 2.45) is 0 Å². The third kappa shape index (κ3) is 5.09. The third-order valence-corrected chi connectivity index (χ3v) is 5.70. The minimum absolute atomic E-state index is 0.189. The molecule has 0 atom stereocenters. The molecule has 2 heterocycles. The van der Waals surface area contributed by atoms with Gasteiger partial charge in [0.05, 0.1) is 32.7 Å². The average molecular weight is 479 g/mol.